The first kappa shape index (κ1) is 23.0. The standard InChI is InChI=1S/C20H22F3N3O4S/c1-25-9-3-6-17(18(25)27)19(28)26-10-7-14(8-11-26)13-24-31(29,30)16-5-2-4-15(12-16)20(21,22)23/h2-6,9,12,14,24H,7-8,10-11,13H2,1H3. The van der Waals surface area contributed by atoms with Gasteiger partial charge in [0.15, 0.2) is 0 Å². The van der Waals surface area contributed by atoms with E-state index in [1.165, 1.54) is 10.6 Å². The van der Waals surface area contributed by atoms with Crippen molar-refractivity contribution in [1.29, 1.82) is 0 Å². The molecule has 168 valence electrons. The largest absolute Gasteiger partial charge is 0.416 e. The van der Waals surface area contributed by atoms with E-state index in [0.29, 0.717) is 32.0 Å². The molecule has 2 heterocycles. The minimum Gasteiger partial charge on any atom is -0.338 e. The molecule has 3 rings (SSSR count). The number of hydrogen-bond acceptors (Lipinski definition) is 4. The predicted molar refractivity (Wildman–Crippen MR) is 107 cm³/mol. The van der Waals surface area contributed by atoms with Crippen molar-refractivity contribution in [3.8, 4) is 0 Å². The minimum absolute atomic E-state index is 0.0493. The summed E-state index contributed by atoms with van der Waals surface area (Å²) in [5.74, 6) is -0.451. The van der Waals surface area contributed by atoms with Crippen molar-refractivity contribution in [2.45, 2.75) is 23.9 Å². The highest BCUT2D eigenvalue weighted by Gasteiger charge is 2.32. The Morgan fingerprint density at radius 1 is 1.16 bits per heavy atom. The number of carbonyl (C=O) groups is 1. The maximum atomic E-state index is 12.8. The SMILES string of the molecule is Cn1cccc(C(=O)N2CCC(CNS(=O)(=O)c3cccc(C(F)(F)F)c3)CC2)c1=O. The Kier molecular flexibility index (Phi) is 6.56. The number of hydrogen-bond donors (Lipinski definition) is 1. The van der Waals surface area contributed by atoms with Gasteiger partial charge in [-0.25, -0.2) is 13.1 Å². The van der Waals surface area contributed by atoms with E-state index in [0.717, 1.165) is 18.2 Å². The van der Waals surface area contributed by atoms with E-state index < -0.39 is 26.7 Å². The molecule has 1 aliphatic rings. The lowest BCUT2D eigenvalue weighted by atomic mass is 9.97. The Balaban J connectivity index is 1.58. The van der Waals surface area contributed by atoms with E-state index >= 15 is 0 Å². The average molecular weight is 457 g/mol. The average Bonchev–Trinajstić information content (AvgIpc) is 2.74. The molecule has 0 saturated carbocycles. The van der Waals surface area contributed by atoms with Crippen LogP contribution in [0.2, 0.25) is 0 Å². The number of aryl methyl sites for hydroxylation is 1. The molecule has 0 aliphatic carbocycles. The molecule has 1 aliphatic heterocycles. The quantitative estimate of drug-likeness (QED) is 0.746. The summed E-state index contributed by atoms with van der Waals surface area (Å²) in [5, 5.41) is 0. The van der Waals surface area contributed by atoms with E-state index in [4.69, 9.17) is 0 Å². The van der Waals surface area contributed by atoms with Gasteiger partial charge in [0.05, 0.1) is 10.5 Å². The summed E-state index contributed by atoms with van der Waals surface area (Å²) in [6.07, 6.45) is -2.07. The molecule has 1 aromatic carbocycles. The van der Waals surface area contributed by atoms with Gasteiger partial charge in [-0.1, -0.05) is 6.07 Å². The van der Waals surface area contributed by atoms with Gasteiger partial charge in [-0.05, 0) is 49.1 Å². The number of sulfonamides is 1. The Bertz CT molecular complexity index is 1120. The number of nitrogens with one attached hydrogen (secondary N) is 1. The highest BCUT2D eigenvalue weighted by molar-refractivity contribution is 7.89. The zero-order chi connectivity index (χ0) is 22.8. The number of likely N-dealkylation sites (tertiary alicyclic amines) is 1. The van der Waals surface area contributed by atoms with Crippen molar-refractivity contribution >= 4 is 15.9 Å². The van der Waals surface area contributed by atoms with Crippen LogP contribution in [0, 0.1) is 5.92 Å². The van der Waals surface area contributed by atoms with E-state index in [1.54, 1.807) is 24.2 Å². The number of halogens is 3. The van der Waals surface area contributed by atoms with Gasteiger partial charge in [-0.3, -0.25) is 9.59 Å². The van der Waals surface area contributed by atoms with E-state index in [9.17, 15) is 31.2 Å². The summed E-state index contributed by atoms with van der Waals surface area (Å²) in [5.41, 5.74) is -1.34. The number of carbonyl (C=O) groups excluding carboxylic acids is 1. The molecular weight excluding hydrogens is 435 g/mol. The molecule has 0 radical (unpaired) electrons. The Hall–Kier alpha value is -2.66. The molecule has 0 bridgehead atoms. The van der Waals surface area contributed by atoms with Gasteiger partial charge < -0.3 is 9.47 Å². The van der Waals surface area contributed by atoms with Crippen LogP contribution in [0.25, 0.3) is 0 Å². The van der Waals surface area contributed by atoms with Crippen molar-refractivity contribution in [1.82, 2.24) is 14.2 Å². The fourth-order valence-electron chi connectivity index (χ4n) is 3.42. The summed E-state index contributed by atoms with van der Waals surface area (Å²) >= 11 is 0. The minimum atomic E-state index is -4.63. The molecule has 0 atom stereocenters. The molecule has 31 heavy (non-hydrogen) atoms. The van der Waals surface area contributed by atoms with E-state index in [2.05, 4.69) is 4.72 Å². The number of piperidine rings is 1. The van der Waals surface area contributed by atoms with Gasteiger partial charge in [0.2, 0.25) is 10.0 Å². The van der Waals surface area contributed by atoms with Crippen molar-refractivity contribution in [3.05, 3.63) is 64.1 Å². The molecule has 7 nitrogen and oxygen atoms in total. The van der Waals surface area contributed by atoms with Gasteiger partial charge in [0.25, 0.3) is 11.5 Å². The van der Waals surface area contributed by atoms with Gasteiger partial charge in [-0.15, -0.1) is 0 Å². The van der Waals surface area contributed by atoms with Crippen molar-refractivity contribution in [2.24, 2.45) is 13.0 Å². The van der Waals surface area contributed by atoms with Crippen LogP contribution >= 0.6 is 0 Å². The predicted octanol–water partition coefficient (Wildman–Crippen LogP) is 2.23. The summed E-state index contributed by atoms with van der Waals surface area (Å²) in [6.45, 7) is 0.757. The van der Waals surface area contributed by atoms with Crippen LogP contribution in [0.3, 0.4) is 0 Å². The van der Waals surface area contributed by atoms with Gasteiger partial charge >= 0.3 is 6.18 Å². The number of amides is 1. The van der Waals surface area contributed by atoms with Crippen LogP contribution < -0.4 is 10.3 Å². The summed E-state index contributed by atoms with van der Waals surface area (Å²) < 4.78 is 67.0. The maximum Gasteiger partial charge on any atom is 0.416 e. The second-order valence-electron chi connectivity index (χ2n) is 7.45. The molecule has 1 fully saturated rings. The first-order chi connectivity index (χ1) is 14.5. The zero-order valence-corrected chi connectivity index (χ0v) is 17.5. The van der Waals surface area contributed by atoms with E-state index in [1.807, 2.05) is 0 Å². The lowest BCUT2D eigenvalue weighted by Gasteiger charge is -2.32. The highest BCUT2D eigenvalue weighted by atomic mass is 32.2. The van der Waals surface area contributed by atoms with Crippen LogP contribution in [0.15, 0.2) is 52.3 Å². The Morgan fingerprint density at radius 2 is 1.84 bits per heavy atom. The lowest BCUT2D eigenvalue weighted by molar-refractivity contribution is -0.137. The van der Waals surface area contributed by atoms with Crippen LogP contribution in [0.1, 0.15) is 28.8 Å². The van der Waals surface area contributed by atoms with Crippen LogP contribution in [-0.2, 0) is 23.2 Å². The number of nitrogens with zero attached hydrogens (tertiary/aromatic N) is 2. The first-order valence-electron chi connectivity index (χ1n) is 9.61. The number of aromatic nitrogens is 1. The third kappa shape index (κ3) is 5.34. The summed E-state index contributed by atoms with van der Waals surface area (Å²) in [7, 11) is -2.54. The normalized spacial score (nSPS) is 15.8. The molecule has 2 aromatic rings. The van der Waals surface area contributed by atoms with Gasteiger partial charge in [-0.2, -0.15) is 13.2 Å². The Morgan fingerprint density at radius 3 is 2.48 bits per heavy atom. The molecular formula is C20H22F3N3O4S. The summed E-state index contributed by atoms with van der Waals surface area (Å²) in [4.78, 5) is 25.8. The first-order valence-corrected chi connectivity index (χ1v) is 11.1. The second kappa shape index (κ2) is 8.83. The van der Waals surface area contributed by atoms with Crippen molar-refractivity contribution < 1.29 is 26.4 Å². The molecule has 11 heteroatoms. The van der Waals surface area contributed by atoms with Gasteiger partial charge in [0.1, 0.15) is 5.56 Å². The van der Waals surface area contributed by atoms with Crippen LogP contribution in [-0.4, -0.2) is 43.4 Å². The summed E-state index contributed by atoms with van der Waals surface area (Å²) in [6, 6.07) is 6.66. The lowest BCUT2D eigenvalue weighted by Crippen LogP contribution is -2.43. The van der Waals surface area contributed by atoms with Crippen molar-refractivity contribution in [2.75, 3.05) is 19.6 Å². The maximum absolute atomic E-state index is 12.8. The Labute approximate surface area is 177 Å². The third-order valence-electron chi connectivity index (χ3n) is 5.29. The molecule has 0 spiro atoms. The second-order valence-corrected chi connectivity index (χ2v) is 9.22. The van der Waals surface area contributed by atoms with Crippen LogP contribution in [0.4, 0.5) is 13.2 Å². The third-order valence-corrected chi connectivity index (χ3v) is 6.71. The number of pyridine rings is 1. The smallest absolute Gasteiger partial charge is 0.338 e. The number of benzene rings is 1. The topological polar surface area (TPSA) is 88.5 Å². The number of alkyl halides is 3. The van der Waals surface area contributed by atoms with Crippen LogP contribution in [0.5, 0.6) is 0 Å². The monoisotopic (exact) mass is 457 g/mol. The number of rotatable bonds is 5. The molecule has 1 N–H and O–H groups in total. The fourth-order valence-corrected chi connectivity index (χ4v) is 4.58. The fraction of sp³-hybridized carbons (Fsp3) is 0.400. The molecule has 1 saturated heterocycles. The molecule has 0 unspecified atom stereocenters. The van der Waals surface area contributed by atoms with Crippen molar-refractivity contribution in [3.63, 3.8) is 0 Å². The van der Waals surface area contributed by atoms with E-state index in [-0.39, 0.29) is 29.5 Å². The van der Waals surface area contributed by atoms with Gasteiger partial charge in [0, 0.05) is 32.9 Å². The highest BCUT2D eigenvalue weighted by Crippen LogP contribution is 2.30. The molecule has 1 aromatic heterocycles. The zero-order valence-electron chi connectivity index (χ0n) is 16.7. The molecule has 1 amide bonds.